The van der Waals surface area contributed by atoms with E-state index in [-0.39, 0.29) is 24.0 Å². The Bertz CT molecular complexity index is 957. The average Bonchev–Trinajstić information content (AvgIpc) is 2.67. The number of rotatable bonds is 9. The van der Waals surface area contributed by atoms with Crippen molar-refractivity contribution in [1.82, 2.24) is 9.55 Å². The number of benzene rings is 1. The van der Waals surface area contributed by atoms with Crippen LogP contribution in [0, 0.1) is 13.8 Å². The molecule has 29 heavy (non-hydrogen) atoms. The molecule has 0 atom stereocenters. The average molecular weight is 402 g/mol. The maximum Gasteiger partial charge on any atom is 0.330 e. The van der Waals surface area contributed by atoms with Crippen LogP contribution < -0.4 is 26.6 Å². The van der Waals surface area contributed by atoms with Gasteiger partial charge in [0.25, 0.3) is 11.5 Å². The van der Waals surface area contributed by atoms with Gasteiger partial charge in [-0.05, 0) is 37.8 Å². The number of anilines is 2. The van der Waals surface area contributed by atoms with Gasteiger partial charge in [0.2, 0.25) is 0 Å². The number of nitrogen functional groups attached to an aromatic ring is 1. The molecular weight excluding hydrogens is 372 g/mol. The summed E-state index contributed by atoms with van der Waals surface area (Å²) in [7, 11) is 0. The third kappa shape index (κ3) is 5.07. The van der Waals surface area contributed by atoms with Crippen molar-refractivity contribution >= 4 is 17.4 Å². The molecule has 1 aromatic carbocycles. The number of nitrogens with zero attached hydrogens (tertiary/aromatic N) is 2. The maximum atomic E-state index is 13.0. The van der Waals surface area contributed by atoms with Gasteiger partial charge in [0.15, 0.2) is 12.3 Å². The zero-order valence-corrected chi connectivity index (χ0v) is 17.6. The molecule has 158 valence electrons. The van der Waals surface area contributed by atoms with Crippen molar-refractivity contribution in [1.29, 1.82) is 0 Å². The second-order valence-electron chi connectivity index (χ2n) is 7.05. The number of unbranched alkanes of at least 4 members (excludes halogenated alkanes) is 1. The number of nitrogens with two attached hydrogens (primary N) is 1. The van der Waals surface area contributed by atoms with Gasteiger partial charge in [0.1, 0.15) is 11.6 Å². The summed E-state index contributed by atoms with van der Waals surface area (Å²) in [6.07, 6.45) is 2.17. The molecule has 0 spiro atoms. The van der Waals surface area contributed by atoms with E-state index in [1.807, 2.05) is 45.9 Å². The van der Waals surface area contributed by atoms with Gasteiger partial charge < -0.3 is 15.4 Å². The lowest BCUT2D eigenvalue weighted by atomic mass is 10.1. The smallest absolute Gasteiger partial charge is 0.330 e. The quantitative estimate of drug-likeness (QED) is 0.669. The molecule has 8 heteroatoms. The largest absolute Gasteiger partial charge is 0.483 e. The third-order valence-electron chi connectivity index (χ3n) is 4.72. The highest BCUT2D eigenvalue weighted by atomic mass is 16.5. The number of ether oxygens (including phenoxy) is 1. The zero-order valence-electron chi connectivity index (χ0n) is 17.6. The van der Waals surface area contributed by atoms with Crippen molar-refractivity contribution in [3.05, 3.63) is 50.2 Å². The second kappa shape index (κ2) is 9.95. The summed E-state index contributed by atoms with van der Waals surface area (Å²) in [5, 5.41) is 0. The number of nitrogens with one attached hydrogen (secondary N) is 1. The highest BCUT2D eigenvalue weighted by Crippen LogP contribution is 2.23. The Morgan fingerprint density at radius 3 is 2.41 bits per heavy atom. The van der Waals surface area contributed by atoms with E-state index in [1.54, 1.807) is 0 Å². The molecule has 0 fully saturated rings. The molecule has 8 nitrogen and oxygen atoms in total. The molecule has 0 radical (unpaired) electrons. The minimum Gasteiger partial charge on any atom is -0.483 e. The Kier molecular flexibility index (Phi) is 7.64. The van der Waals surface area contributed by atoms with Gasteiger partial charge >= 0.3 is 5.69 Å². The fourth-order valence-corrected chi connectivity index (χ4v) is 3.20. The van der Waals surface area contributed by atoms with Crippen LogP contribution in [-0.4, -0.2) is 28.6 Å². The van der Waals surface area contributed by atoms with E-state index in [0.29, 0.717) is 31.7 Å². The van der Waals surface area contributed by atoms with Crippen LogP contribution in [0.4, 0.5) is 11.5 Å². The van der Waals surface area contributed by atoms with E-state index in [4.69, 9.17) is 10.5 Å². The lowest BCUT2D eigenvalue weighted by molar-refractivity contribution is -0.120. The summed E-state index contributed by atoms with van der Waals surface area (Å²) in [6, 6.07) is 5.74. The first-order valence-electron chi connectivity index (χ1n) is 9.93. The molecule has 1 aromatic heterocycles. The molecule has 0 aliphatic heterocycles. The Hall–Kier alpha value is -3.03. The Morgan fingerprint density at radius 2 is 1.83 bits per heavy atom. The summed E-state index contributed by atoms with van der Waals surface area (Å²) < 4.78 is 7.07. The monoisotopic (exact) mass is 402 g/mol. The molecule has 1 amide bonds. The van der Waals surface area contributed by atoms with Crippen LogP contribution in [0.5, 0.6) is 5.75 Å². The Balaban J connectivity index is 2.39. The van der Waals surface area contributed by atoms with Crippen LogP contribution in [0.1, 0.15) is 44.2 Å². The number of carbonyl (C=O) groups is 1. The lowest BCUT2D eigenvalue weighted by Crippen LogP contribution is -2.43. The second-order valence-corrected chi connectivity index (χ2v) is 7.05. The molecule has 0 unspecified atom stereocenters. The summed E-state index contributed by atoms with van der Waals surface area (Å²) >= 11 is 0. The molecular formula is C21H30N4O4. The van der Waals surface area contributed by atoms with Crippen molar-refractivity contribution in [2.45, 2.75) is 53.5 Å². The van der Waals surface area contributed by atoms with Gasteiger partial charge in [0, 0.05) is 13.1 Å². The van der Waals surface area contributed by atoms with E-state index >= 15 is 0 Å². The lowest BCUT2D eigenvalue weighted by Gasteiger charge is -2.24. The summed E-state index contributed by atoms with van der Waals surface area (Å²) in [5.41, 5.74) is 6.75. The maximum absolute atomic E-state index is 13.0. The summed E-state index contributed by atoms with van der Waals surface area (Å²) in [4.78, 5) is 41.2. The topological polar surface area (TPSA) is 110 Å². The van der Waals surface area contributed by atoms with E-state index in [1.165, 1.54) is 9.47 Å². The zero-order chi connectivity index (χ0) is 21.6. The number of H-pyrrole nitrogens is 1. The van der Waals surface area contributed by atoms with Gasteiger partial charge in [-0.2, -0.15) is 0 Å². The van der Waals surface area contributed by atoms with Gasteiger partial charge in [-0.25, -0.2) is 4.79 Å². The third-order valence-corrected chi connectivity index (χ3v) is 4.72. The van der Waals surface area contributed by atoms with Crippen molar-refractivity contribution in [3.8, 4) is 5.75 Å². The highest BCUT2D eigenvalue weighted by Gasteiger charge is 2.24. The Labute approximate surface area is 170 Å². The van der Waals surface area contributed by atoms with Gasteiger partial charge in [-0.15, -0.1) is 0 Å². The Morgan fingerprint density at radius 1 is 1.17 bits per heavy atom. The number of hydrogen-bond acceptors (Lipinski definition) is 5. The first-order valence-corrected chi connectivity index (χ1v) is 9.93. The van der Waals surface area contributed by atoms with E-state index in [0.717, 1.165) is 17.5 Å². The number of para-hydroxylation sites is 1. The molecule has 0 saturated carbocycles. The first-order chi connectivity index (χ1) is 13.8. The van der Waals surface area contributed by atoms with Crippen LogP contribution in [0.15, 0.2) is 27.8 Å². The molecule has 0 saturated heterocycles. The number of aromatic nitrogens is 2. The van der Waals surface area contributed by atoms with Gasteiger partial charge in [0.05, 0.1) is 0 Å². The minimum absolute atomic E-state index is 0.00149. The molecule has 0 bridgehead atoms. The number of aromatic amines is 1. The molecule has 0 aliphatic carbocycles. The molecule has 2 aromatic rings. The minimum atomic E-state index is -0.670. The SMILES string of the molecule is CCCCN(C(=O)COc1c(C)cccc1C)c1c(N)n(CCC)c(=O)[nH]c1=O. The summed E-state index contributed by atoms with van der Waals surface area (Å²) in [6.45, 7) is 8.12. The molecule has 2 rings (SSSR count). The molecule has 3 N–H and O–H groups in total. The van der Waals surface area contributed by atoms with Crippen LogP contribution >= 0.6 is 0 Å². The first kappa shape index (κ1) is 22.3. The fraction of sp³-hybridized carbons (Fsp3) is 0.476. The van der Waals surface area contributed by atoms with Crippen molar-refractivity contribution in [2.24, 2.45) is 0 Å². The van der Waals surface area contributed by atoms with Crippen LogP contribution in [0.25, 0.3) is 0 Å². The van der Waals surface area contributed by atoms with E-state index in [2.05, 4.69) is 4.98 Å². The number of aryl methyl sites for hydroxylation is 2. The number of hydrogen-bond donors (Lipinski definition) is 2. The van der Waals surface area contributed by atoms with Crippen LogP contribution in [-0.2, 0) is 11.3 Å². The van der Waals surface area contributed by atoms with E-state index in [9.17, 15) is 14.4 Å². The highest BCUT2D eigenvalue weighted by molar-refractivity contribution is 5.96. The molecule has 0 aliphatic rings. The van der Waals surface area contributed by atoms with Gasteiger partial charge in [-0.3, -0.25) is 19.1 Å². The summed E-state index contributed by atoms with van der Waals surface area (Å²) in [5.74, 6) is 0.256. The standard InChI is InChI=1S/C21H30N4O4/c1-5-7-12-24(16(26)13-29-18-14(3)9-8-10-15(18)4)17-19(22)25(11-6-2)21(28)23-20(17)27/h8-10H,5-7,11-13,22H2,1-4H3,(H,23,27,28). The predicted molar refractivity (Wildman–Crippen MR) is 115 cm³/mol. The van der Waals surface area contributed by atoms with Crippen LogP contribution in [0.2, 0.25) is 0 Å². The van der Waals surface area contributed by atoms with Crippen molar-refractivity contribution in [3.63, 3.8) is 0 Å². The number of amides is 1. The van der Waals surface area contributed by atoms with Gasteiger partial charge in [-0.1, -0.05) is 38.5 Å². The fourth-order valence-electron chi connectivity index (χ4n) is 3.20. The molecule has 1 heterocycles. The number of carbonyl (C=O) groups excluding carboxylic acids is 1. The van der Waals surface area contributed by atoms with E-state index < -0.39 is 11.2 Å². The van der Waals surface area contributed by atoms with Crippen LogP contribution in [0.3, 0.4) is 0 Å². The van der Waals surface area contributed by atoms with Crippen molar-refractivity contribution in [2.75, 3.05) is 23.8 Å². The normalized spacial score (nSPS) is 10.8. The predicted octanol–water partition coefficient (Wildman–Crippen LogP) is 2.36. The van der Waals surface area contributed by atoms with Crippen molar-refractivity contribution < 1.29 is 9.53 Å².